The van der Waals surface area contributed by atoms with E-state index in [4.69, 9.17) is 16.3 Å². The van der Waals surface area contributed by atoms with Crippen LogP contribution in [0.15, 0.2) is 54.7 Å². The van der Waals surface area contributed by atoms with E-state index in [-0.39, 0.29) is 12.4 Å². The Bertz CT molecular complexity index is 872. The van der Waals surface area contributed by atoms with E-state index < -0.39 is 0 Å². The summed E-state index contributed by atoms with van der Waals surface area (Å²) in [4.78, 5) is 0. The van der Waals surface area contributed by atoms with Gasteiger partial charge < -0.3 is 17.1 Å². The quantitative estimate of drug-likeness (QED) is 0.625. The first kappa shape index (κ1) is 17.8. The summed E-state index contributed by atoms with van der Waals surface area (Å²) in [6, 6.07) is 16.4. The highest BCUT2D eigenvalue weighted by atomic mass is 35.5. The molecule has 0 N–H and O–H groups in total. The Morgan fingerprint density at radius 1 is 1.12 bits per heavy atom. The van der Waals surface area contributed by atoms with Gasteiger partial charge in [-0.3, -0.25) is 0 Å². The Kier molecular flexibility index (Phi) is 5.36. The number of hydrogen-bond acceptors (Lipinski definition) is 1. The summed E-state index contributed by atoms with van der Waals surface area (Å²) >= 11 is 6.35. The van der Waals surface area contributed by atoms with Crippen molar-refractivity contribution < 1.29 is 21.7 Å². The van der Waals surface area contributed by atoms with Crippen LogP contribution in [0, 0.1) is 0 Å². The maximum atomic E-state index is 6.35. The van der Waals surface area contributed by atoms with Crippen LogP contribution in [0.1, 0.15) is 17.8 Å². The molecular weight excluding hydrogens is 355 g/mol. The number of nitrogens with zero attached hydrogens (tertiary/aromatic N) is 2. The Morgan fingerprint density at radius 3 is 2.60 bits per heavy atom. The van der Waals surface area contributed by atoms with E-state index in [0.29, 0.717) is 0 Å². The van der Waals surface area contributed by atoms with Crippen molar-refractivity contribution in [3.05, 3.63) is 71.1 Å². The minimum absolute atomic E-state index is 0. The first-order chi connectivity index (χ1) is 11.8. The van der Waals surface area contributed by atoms with Crippen molar-refractivity contribution in [3.8, 4) is 17.0 Å². The third kappa shape index (κ3) is 3.39. The third-order valence-electron chi connectivity index (χ3n) is 4.68. The molecule has 0 saturated heterocycles. The van der Waals surface area contributed by atoms with E-state index in [9.17, 15) is 0 Å². The van der Waals surface area contributed by atoms with E-state index in [2.05, 4.69) is 33.5 Å². The number of rotatable bonds is 4. The molecule has 0 radical (unpaired) electrons. The summed E-state index contributed by atoms with van der Waals surface area (Å²) in [5.41, 5.74) is 3.64. The predicted octanol–water partition coefficient (Wildman–Crippen LogP) is 1.10. The smallest absolute Gasteiger partial charge is 0.257 e. The standard InChI is InChI=1S/C20H20ClN2O.ClH/c1-24-17-10-8-15(9-11-17)19-14-22(20-7-4-12-23(19)20)13-16-5-2-3-6-18(16)21;/h2-3,5-6,8-11,14H,4,7,12-13H2,1H3;1H/q+1;/p-1. The molecule has 1 aliphatic heterocycles. The first-order valence-corrected chi connectivity index (χ1v) is 8.64. The molecule has 1 aromatic heterocycles. The molecule has 130 valence electrons. The number of fused-ring (bicyclic) bond motifs is 1. The second kappa shape index (κ2) is 7.51. The maximum absolute atomic E-state index is 6.35. The van der Waals surface area contributed by atoms with Gasteiger partial charge in [0.05, 0.1) is 20.1 Å². The second-order valence-corrected chi connectivity index (χ2v) is 6.54. The molecular formula is C20H20Cl2N2O. The van der Waals surface area contributed by atoms with Gasteiger partial charge in [-0.1, -0.05) is 29.8 Å². The van der Waals surface area contributed by atoms with Crippen LogP contribution in [0.25, 0.3) is 11.3 Å². The molecule has 0 bridgehead atoms. The van der Waals surface area contributed by atoms with E-state index in [1.165, 1.54) is 23.5 Å². The Morgan fingerprint density at radius 2 is 1.88 bits per heavy atom. The summed E-state index contributed by atoms with van der Waals surface area (Å²) in [7, 11) is 1.70. The topological polar surface area (TPSA) is 18.0 Å². The van der Waals surface area contributed by atoms with Gasteiger partial charge in [-0.15, -0.1) is 0 Å². The SMILES string of the molecule is COc1ccc(-c2c[n+](Cc3ccccc3Cl)c3n2CCC3)cc1.[Cl-]. The van der Waals surface area contributed by atoms with E-state index >= 15 is 0 Å². The predicted molar refractivity (Wildman–Crippen MR) is 95.5 cm³/mol. The maximum Gasteiger partial charge on any atom is 0.257 e. The number of hydrogen-bond donors (Lipinski definition) is 0. The van der Waals surface area contributed by atoms with E-state index in [0.717, 1.165) is 35.8 Å². The van der Waals surface area contributed by atoms with Crippen LogP contribution in [-0.4, -0.2) is 11.7 Å². The van der Waals surface area contributed by atoms with Crippen LogP contribution in [0.2, 0.25) is 5.02 Å². The minimum Gasteiger partial charge on any atom is -1.00 e. The summed E-state index contributed by atoms with van der Waals surface area (Å²) in [6.07, 6.45) is 4.56. The first-order valence-electron chi connectivity index (χ1n) is 8.26. The van der Waals surface area contributed by atoms with Crippen LogP contribution in [0.3, 0.4) is 0 Å². The van der Waals surface area contributed by atoms with E-state index in [1.807, 2.05) is 30.3 Å². The summed E-state index contributed by atoms with van der Waals surface area (Å²) in [6.45, 7) is 1.89. The number of ether oxygens (including phenoxy) is 1. The van der Waals surface area contributed by atoms with Gasteiger partial charge in [0.1, 0.15) is 18.5 Å². The second-order valence-electron chi connectivity index (χ2n) is 6.13. The molecule has 0 fully saturated rings. The van der Waals surface area contributed by atoms with Gasteiger partial charge in [0, 0.05) is 16.1 Å². The Hall–Kier alpha value is -1.97. The Balaban J connectivity index is 0.00000182. The molecule has 1 aliphatic rings. The van der Waals surface area contributed by atoms with Gasteiger partial charge in [-0.05, 0) is 36.8 Å². The van der Waals surface area contributed by atoms with Crippen LogP contribution >= 0.6 is 11.6 Å². The zero-order valence-corrected chi connectivity index (χ0v) is 15.6. The lowest BCUT2D eigenvalue weighted by Gasteiger charge is -2.02. The number of aromatic nitrogens is 2. The zero-order valence-electron chi connectivity index (χ0n) is 14.1. The molecule has 0 unspecified atom stereocenters. The minimum atomic E-state index is 0. The van der Waals surface area contributed by atoms with Crippen molar-refractivity contribution in [1.82, 2.24) is 4.57 Å². The molecule has 2 heterocycles. The van der Waals surface area contributed by atoms with Crippen LogP contribution in [0.4, 0.5) is 0 Å². The number of methoxy groups -OCH3 is 1. The van der Waals surface area contributed by atoms with Gasteiger partial charge in [-0.25, -0.2) is 9.13 Å². The van der Waals surface area contributed by atoms with Crippen molar-refractivity contribution in [3.63, 3.8) is 0 Å². The molecule has 25 heavy (non-hydrogen) atoms. The van der Waals surface area contributed by atoms with Gasteiger partial charge in [0.2, 0.25) is 0 Å². The number of imidazole rings is 1. The van der Waals surface area contributed by atoms with Crippen LogP contribution < -0.4 is 21.7 Å². The van der Waals surface area contributed by atoms with E-state index in [1.54, 1.807) is 7.11 Å². The average Bonchev–Trinajstić information content (AvgIpc) is 3.21. The highest BCUT2D eigenvalue weighted by Crippen LogP contribution is 2.27. The number of benzene rings is 2. The normalized spacial score (nSPS) is 12.6. The molecule has 0 saturated carbocycles. The van der Waals surface area contributed by atoms with Gasteiger partial charge >= 0.3 is 0 Å². The van der Waals surface area contributed by atoms with Crippen LogP contribution in [-0.2, 0) is 19.5 Å². The molecule has 5 heteroatoms. The summed E-state index contributed by atoms with van der Waals surface area (Å²) in [5.74, 6) is 2.26. The van der Waals surface area contributed by atoms with Crippen molar-refractivity contribution in [2.45, 2.75) is 25.9 Å². The summed E-state index contributed by atoms with van der Waals surface area (Å²) in [5, 5.41) is 0.828. The van der Waals surface area contributed by atoms with Crippen molar-refractivity contribution >= 4 is 11.6 Å². The lowest BCUT2D eigenvalue weighted by Crippen LogP contribution is -3.00. The van der Waals surface area contributed by atoms with Crippen molar-refractivity contribution in [2.24, 2.45) is 0 Å². The fourth-order valence-corrected chi connectivity index (χ4v) is 3.64. The molecule has 3 nitrogen and oxygen atoms in total. The van der Waals surface area contributed by atoms with Gasteiger partial charge in [0.25, 0.3) is 5.82 Å². The molecule has 0 spiro atoms. The molecule has 3 aromatic rings. The molecule has 0 atom stereocenters. The number of halogens is 2. The van der Waals surface area contributed by atoms with Crippen molar-refractivity contribution in [1.29, 1.82) is 0 Å². The monoisotopic (exact) mass is 374 g/mol. The lowest BCUT2D eigenvalue weighted by molar-refractivity contribution is -0.694. The third-order valence-corrected chi connectivity index (χ3v) is 5.05. The molecule has 0 amide bonds. The molecule has 0 aliphatic carbocycles. The molecule has 2 aromatic carbocycles. The fourth-order valence-electron chi connectivity index (χ4n) is 3.45. The fraction of sp³-hybridized carbons (Fsp3) is 0.250. The highest BCUT2D eigenvalue weighted by molar-refractivity contribution is 6.31. The lowest BCUT2D eigenvalue weighted by atomic mass is 10.1. The van der Waals surface area contributed by atoms with Crippen LogP contribution in [0.5, 0.6) is 5.75 Å². The Labute approximate surface area is 159 Å². The van der Waals surface area contributed by atoms with Crippen molar-refractivity contribution in [2.75, 3.05) is 7.11 Å². The highest BCUT2D eigenvalue weighted by Gasteiger charge is 2.28. The zero-order chi connectivity index (χ0) is 16.5. The summed E-state index contributed by atoms with van der Waals surface area (Å²) < 4.78 is 10.0. The van der Waals surface area contributed by atoms with Gasteiger partial charge in [0.15, 0.2) is 5.69 Å². The average molecular weight is 375 g/mol. The largest absolute Gasteiger partial charge is 1.00 e. The molecule has 4 rings (SSSR count). The van der Waals surface area contributed by atoms with Gasteiger partial charge in [-0.2, -0.15) is 0 Å².